The van der Waals surface area contributed by atoms with Gasteiger partial charge in [0.25, 0.3) is 0 Å². The Morgan fingerprint density at radius 3 is 2.55 bits per heavy atom. The summed E-state index contributed by atoms with van der Waals surface area (Å²) in [6.45, 7) is 10.4. The van der Waals surface area contributed by atoms with E-state index in [2.05, 4.69) is 20.6 Å². The van der Waals surface area contributed by atoms with Gasteiger partial charge in [-0.25, -0.2) is 19.4 Å². The molecule has 0 spiro atoms. The molecule has 2 amide bonds. The van der Waals surface area contributed by atoms with Gasteiger partial charge in [-0.2, -0.15) is 0 Å². The van der Waals surface area contributed by atoms with E-state index in [0.717, 1.165) is 0 Å². The van der Waals surface area contributed by atoms with Gasteiger partial charge in [0.2, 0.25) is 5.91 Å². The number of carbonyl (C=O) groups is 4. The highest BCUT2D eigenvalue weighted by atomic mass is 35.5. The van der Waals surface area contributed by atoms with Gasteiger partial charge in [-0.3, -0.25) is 9.79 Å². The van der Waals surface area contributed by atoms with Crippen LogP contribution in [-0.4, -0.2) is 74.0 Å². The number of carbonyl (C=O) groups excluding carboxylic acids is 3. The second kappa shape index (κ2) is 14.8. The average Bonchev–Trinajstić information content (AvgIpc) is 3.47. The largest absolute Gasteiger partial charge is 0.479 e. The highest BCUT2D eigenvalue weighted by molar-refractivity contribution is 8.14. The van der Waals surface area contributed by atoms with Crippen LogP contribution in [0.2, 0.25) is 0 Å². The van der Waals surface area contributed by atoms with Gasteiger partial charge in [-0.15, -0.1) is 34.7 Å². The van der Waals surface area contributed by atoms with E-state index in [1.807, 2.05) is 0 Å². The molecular formula is C26H37ClN4O7S2. The van der Waals surface area contributed by atoms with Gasteiger partial charge in [-0.1, -0.05) is 19.9 Å². The van der Waals surface area contributed by atoms with Crippen molar-refractivity contribution in [1.82, 2.24) is 15.6 Å². The van der Waals surface area contributed by atoms with Crippen molar-refractivity contribution < 1.29 is 33.8 Å². The smallest absolute Gasteiger partial charge is 0.408 e. The number of rotatable bonds is 13. The Hall–Kier alpha value is -2.64. The molecule has 1 aliphatic rings. The minimum absolute atomic E-state index is 0.137. The van der Waals surface area contributed by atoms with Crippen molar-refractivity contribution in [3.8, 4) is 0 Å². The third-order valence-electron chi connectivity index (χ3n) is 5.38. The summed E-state index contributed by atoms with van der Waals surface area (Å²) in [5.41, 5.74) is -1.35. The van der Waals surface area contributed by atoms with Crippen LogP contribution >= 0.6 is 34.7 Å². The Morgan fingerprint density at radius 1 is 1.27 bits per heavy atom. The summed E-state index contributed by atoms with van der Waals surface area (Å²) < 4.78 is 10.9. The summed E-state index contributed by atoms with van der Waals surface area (Å²) in [5, 5.41) is 17.6. The number of hydrogen-bond acceptors (Lipinski definition) is 10. The molecule has 2 rings (SSSR count). The number of carboxylic acids is 1. The Labute approximate surface area is 247 Å². The molecule has 11 nitrogen and oxygen atoms in total. The van der Waals surface area contributed by atoms with Crippen molar-refractivity contribution in [1.29, 1.82) is 0 Å². The number of aliphatic carboxylic acids is 1. The molecular weight excluding hydrogens is 580 g/mol. The summed E-state index contributed by atoms with van der Waals surface area (Å²) in [6, 6.07) is -0.977. The third-order valence-corrected chi connectivity index (χ3v) is 7.73. The van der Waals surface area contributed by atoms with Crippen LogP contribution < -0.4 is 10.6 Å². The van der Waals surface area contributed by atoms with Crippen LogP contribution in [0.5, 0.6) is 0 Å². The fourth-order valence-electron chi connectivity index (χ4n) is 3.27. The van der Waals surface area contributed by atoms with E-state index < -0.39 is 41.3 Å². The number of allylic oxidation sites excluding steroid dienone is 1. The Balaban J connectivity index is 2.00. The lowest BCUT2D eigenvalue weighted by molar-refractivity contribution is -0.151. The first-order valence-corrected chi connectivity index (χ1v) is 15.1. The van der Waals surface area contributed by atoms with Crippen molar-refractivity contribution >= 4 is 63.7 Å². The molecule has 40 heavy (non-hydrogen) atoms. The molecule has 0 unspecified atom stereocenters. The number of hydrogen-bond donors (Lipinski definition) is 3. The molecule has 1 aromatic heterocycles. The van der Waals surface area contributed by atoms with Crippen molar-refractivity contribution in [2.75, 3.05) is 11.6 Å². The number of nitrogens with zero attached hydrogens (tertiary/aromatic N) is 2. The van der Waals surface area contributed by atoms with Gasteiger partial charge < -0.3 is 25.2 Å². The zero-order valence-electron chi connectivity index (χ0n) is 23.5. The maximum Gasteiger partial charge on any atom is 0.408 e. The predicted molar refractivity (Wildman–Crippen MR) is 156 cm³/mol. The van der Waals surface area contributed by atoms with Crippen LogP contribution in [0.15, 0.2) is 22.5 Å². The number of alkyl carbamates (subject to hydrolysis) is 1. The number of amides is 2. The number of thiazole rings is 1. The maximum absolute atomic E-state index is 13.0. The lowest BCUT2D eigenvalue weighted by Crippen LogP contribution is -2.48. The van der Waals surface area contributed by atoms with E-state index in [1.165, 1.54) is 23.1 Å². The normalized spacial score (nSPS) is 18.8. The monoisotopic (exact) mass is 616 g/mol. The molecule has 0 radical (unpaired) electrons. The first-order chi connectivity index (χ1) is 18.6. The SMILES string of the molecule is CC(C)[C@H](NC(=O)OC(C)(C)C)C(=O)O[C@H](/C=C/CCCl)CC(=O)NCc1nc(C2=N[C@](C)(C(=O)O)CS2)cs1. The van der Waals surface area contributed by atoms with E-state index in [0.29, 0.717) is 33.8 Å². The first kappa shape index (κ1) is 33.6. The zero-order chi connectivity index (χ0) is 30.1. The molecule has 222 valence electrons. The highest BCUT2D eigenvalue weighted by Gasteiger charge is 2.39. The minimum atomic E-state index is -1.18. The number of halogens is 1. The van der Waals surface area contributed by atoms with Crippen molar-refractivity contribution in [3.05, 3.63) is 28.2 Å². The highest BCUT2D eigenvalue weighted by Crippen LogP contribution is 2.31. The number of esters is 1. The van der Waals surface area contributed by atoms with Crippen molar-refractivity contribution in [3.63, 3.8) is 0 Å². The summed E-state index contributed by atoms with van der Waals surface area (Å²) in [4.78, 5) is 58.1. The van der Waals surface area contributed by atoms with Crippen LogP contribution in [0.4, 0.5) is 4.79 Å². The molecule has 2 heterocycles. The molecule has 14 heteroatoms. The van der Waals surface area contributed by atoms with E-state index >= 15 is 0 Å². The number of aromatic nitrogens is 1. The fourth-order valence-corrected chi connectivity index (χ4v) is 5.32. The Morgan fingerprint density at radius 2 is 1.98 bits per heavy atom. The molecule has 1 aromatic rings. The number of alkyl halides is 1. The second-order valence-corrected chi connectivity index (χ2v) is 12.9. The van der Waals surface area contributed by atoms with Crippen LogP contribution in [0.25, 0.3) is 0 Å². The molecule has 3 N–H and O–H groups in total. The van der Waals surface area contributed by atoms with Gasteiger partial charge in [0.05, 0.1) is 13.0 Å². The van der Waals surface area contributed by atoms with E-state index in [4.69, 9.17) is 21.1 Å². The first-order valence-electron chi connectivity index (χ1n) is 12.7. The number of thioether (sulfide) groups is 1. The maximum atomic E-state index is 13.0. The molecule has 0 bridgehead atoms. The molecule has 0 saturated carbocycles. The average molecular weight is 617 g/mol. The van der Waals surface area contributed by atoms with E-state index in [1.54, 1.807) is 59.1 Å². The van der Waals surface area contributed by atoms with E-state index in [9.17, 15) is 24.3 Å². The molecule has 0 aromatic carbocycles. The molecule has 3 atom stereocenters. The van der Waals surface area contributed by atoms with Crippen LogP contribution in [0, 0.1) is 5.92 Å². The van der Waals surface area contributed by atoms with Crippen LogP contribution in [0.1, 0.15) is 65.1 Å². The second-order valence-electron chi connectivity index (χ2n) is 10.6. The quantitative estimate of drug-likeness (QED) is 0.168. The lowest BCUT2D eigenvalue weighted by Gasteiger charge is -2.26. The third kappa shape index (κ3) is 10.7. The number of nitrogens with one attached hydrogen (secondary N) is 2. The lowest BCUT2D eigenvalue weighted by atomic mass is 10.0. The molecule has 0 saturated heterocycles. The van der Waals surface area contributed by atoms with Crippen LogP contribution in [-0.2, 0) is 30.4 Å². The van der Waals surface area contributed by atoms with Crippen LogP contribution in [0.3, 0.4) is 0 Å². The Bertz CT molecular complexity index is 1130. The van der Waals surface area contributed by atoms with Gasteiger partial charge in [0.15, 0.2) is 5.54 Å². The molecule has 0 aliphatic carbocycles. The Kier molecular flexibility index (Phi) is 12.4. The predicted octanol–water partition coefficient (Wildman–Crippen LogP) is 4.13. The van der Waals surface area contributed by atoms with Gasteiger partial charge in [-0.05, 0) is 46.1 Å². The summed E-state index contributed by atoms with van der Waals surface area (Å²) >= 11 is 8.40. The number of ether oxygens (including phenoxy) is 2. The van der Waals surface area contributed by atoms with Gasteiger partial charge in [0.1, 0.15) is 33.5 Å². The summed E-state index contributed by atoms with van der Waals surface area (Å²) in [6.07, 6.45) is 2.06. The van der Waals surface area contributed by atoms with E-state index in [-0.39, 0.29) is 24.8 Å². The standard InChI is InChI=1S/C26H37ClN4O7S2/c1-15(2)20(30-24(36)38-25(3,4)5)22(33)37-16(9-7-8-10-27)11-18(32)28-12-19-29-17(13-39-19)21-31-26(6,14-40-21)23(34)35/h7,9,13,15-16,20H,8,10-12,14H2,1-6H3,(H,28,32)(H,30,36)(H,34,35)/b9-7+/t16-,20+,26+/m1/s1. The number of carboxylic acid groups (broad SMARTS) is 1. The van der Waals surface area contributed by atoms with Gasteiger partial charge in [0, 0.05) is 17.0 Å². The molecule has 1 aliphatic heterocycles. The number of aliphatic imine (C=N–C) groups is 1. The minimum Gasteiger partial charge on any atom is -0.479 e. The zero-order valence-corrected chi connectivity index (χ0v) is 25.9. The van der Waals surface area contributed by atoms with Crippen molar-refractivity contribution in [2.45, 2.75) is 84.2 Å². The molecule has 0 fully saturated rings. The summed E-state index contributed by atoms with van der Waals surface area (Å²) in [5.74, 6) is -1.67. The van der Waals surface area contributed by atoms with Gasteiger partial charge >= 0.3 is 18.0 Å². The topological polar surface area (TPSA) is 156 Å². The van der Waals surface area contributed by atoms with Crippen molar-refractivity contribution in [2.24, 2.45) is 10.9 Å². The summed E-state index contributed by atoms with van der Waals surface area (Å²) in [7, 11) is 0. The fraction of sp³-hybridized carbons (Fsp3) is 0.615.